The molecule has 2 nitrogen and oxygen atoms in total. The first-order chi connectivity index (χ1) is 7.84. The number of alkyl halides is 3. The van der Waals surface area contributed by atoms with Crippen molar-refractivity contribution in [3.8, 4) is 0 Å². The normalized spacial score (nSPS) is 30.0. The van der Waals surface area contributed by atoms with Crippen molar-refractivity contribution < 1.29 is 18.3 Å². The number of halogens is 3. The molecular weight excluding hydrogens is 231 g/mol. The van der Waals surface area contributed by atoms with Crippen molar-refractivity contribution in [1.82, 2.24) is 5.32 Å². The standard InChI is InChI=1S/C12H22F3NO/c1-8(16-2)7-9-3-5-10(6-4-9)11(17)12(13,14)15/h8-11,16-17H,3-7H2,1-2H3. The van der Waals surface area contributed by atoms with Crippen LogP contribution in [0.2, 0.25) is 0 Å². The van der Waals surface area contributed by atoms with Crippen molar-refractivity contribution in [2.45, 2.75) is 57.3 Å². The van der Waals surface area contributed by atoms with Crippen molar-refractivity contribution in [2.75, 3.05) is 7.05 Å². The molecule has 1 aliphatic carbocycles. The van der Waals surface area contributed by atoms with Gasteiger partial charge in [-0.05, 0) is 45.1 Å². The second-order valence-electron chi connectivity index (χ2n) is 5.19. The minimum absolute atomic E-state index is 0.407. The molecule has 0 heterocycles. The van der Waals surface area contributed by atoms with Crippen LogP contribution in [0.25, 0.3) is 0 Å². The van der Waals surface area contributed by atoms with Gasteiger partial charge < -0.3 is 10.4 Å². The summed E-state index contributed by atoms with van der Waals surface area (Å²) in [6.07, 6.45) is -3.02. The number of hydrogen-bond acceptors (Lipinski definition) is 2. The molecule has 0 bridgehead atoms. The lowest BCUT2D eigenvalue weighted by atomic mass is 9.77. The Bertz CT molecular complexity index is 224. The second-order valence-corrected chi connectivity index (χ2v) is 5.19. The summed E-state index contributed by atoms with van der Waals surface area (Å²) in [7, 11) is 1.89. The monoisotopic (exact) mass is 253 g/mol. The minimum Gasteiger partial charge on any atom is -0.383 e. The molecule has 1 aliphatic rings. The Balaban J connectivity index is 2.35. The number of rotatable bonds is 4. The Kier molecular flexibility index (Phi) is 5.25. The van der Waals surface area contributed by atoms with E-state index in [1.165, 1.54) is 0 Å². The highest BCUT2D eigenvalue weighted by atomic mass is 19.4. The highest BCUT2D eigenvalue weighted by molar-refractivity contribution is 4.82. The molecule has 0 aliphatic heterocycles. The van der Waals surface area contributed by atoms with Crippen LogP contribution in [-0.4, -0.2) is 30.5 Å². The van der Waals surface area contributed by atoms with Crippen molar-refractivity contribution in [1.29, 1.82) is 0 Å². The van der Waals surface area contributed by atoms with Crippen molar-refractivity contribution in [2.24, 2.45) is 11.8 Å². The van der Waals surface area contributed by atoms with Crippen LogP contribution >= 0.6 is 0 Å². The third-order valence-corrected chi connectivity index (χ3v) is 3.85. The van der Waals surface area contributed by atoms with Gasteiger partial charge in [0.15, 0.2) is 6.10 Å². The molecule has 1 rings (SSSR count). The molecule has 0 aromatic rings. The van der Waals surface area contributed by atoms with Gasteiger partial charge >= 0.3 is 6.18 Å². The zero-order valence-electron chi connectivity index (χ0n) is 10.4. The summed E-state index contributed by atoms with van der Waals surface area (Å²) in [6.45, 7) is 2.08. The molecule has 1 fully saturated rings. The van der Waals surface area contributed by atoms with Crippen LogP contribution in [0.5, 0.6) is 0 Å². The van der Waals surface area contributed by atoms with Crippen LogP contribution in [0.4, 0.5) is 13.2 Å². The van der Waals surface area contributed by atoms with E-state index in [0.29, 0.717) is 24.8 Å². The van der Waals surface area contributed by atoms with Crippen molar-refractivity contribution >= 4 is 0 Å². The van der Waals surface area contributed by atoms with E-state index in [1.54, 1.807) is 0 Å². The minimum atomic E-state index is -4.46. The summed E-state index contributed by atoms with van der Waals surface area (Å²) in [4.78, 5) is 0. The van der Waals surface area contributed by atoms with Gasteiger partial charge in [0.2, 0.25) is 0 Å². The Morgan fingerprint density at radius 2 is 1.76 bits per heavy atom. The topological polar surface area (TPSA) is 32.3 Å². The van der Waals surface area contributed by atoms with Crippen molar-refractivity contribution in [3.05, 3.63) is 0 Å². The van der Waals surface area contributed by atoms with Gasteiger partial charge in [-0.3, -0.25) is 0 Å². The zero-order valence-corrected chi connectivity index (χ0v) is 10.4. The highest BCUT2D eigenvalue weighted by Gasteiger charge is 2.44. The van der Waals surface area contributed by atoms with Gasteiger partial charge in [0.05, 0.1) is 0 Å². The largest absolute Gasteiger partial charge is 0.414 e. The fourth-order valence-corrected chi connectivity index (χ4v) is 2.62. The van der Waals surface area contributed by atoms with E-state index >= 15 is 0 Å². The molecule has 17 heavy (non-hydrogen) atoms. The Morgan fingerprint density at radius 1 is 1.24 bits per heavy atom. The summed E-state index contributed by atoms with van der Waals surface area (Å²) in [5, 5.41) is 12.3. The van der Waals surface area contributed by atoms with Crippen LogP contribution in [0.1, 0.15) is 39.0 Å². The molecule has 5 heteroatoms. The van der Waals surface area contributed by atoms with Gasteiger partial charge in [0, 0.05) is 6.04 Å². The van der Waals surface area contributed by atoms with Crippen LogP contribution in [0.15, 0.2) is 0 Å². The molecule has 2 atom stereocenters. The molecule has 2 N–H and O–H groups in total. The van der Waals surface area contributed by atoms with Crippen LogP contribution in [0, 0.1) is 11.8 Å². The average Bonchev–Trinajstić information content (AvgIpc) is 2.27. The smallest absolute Gasteiger partial charge is 0.383 e. The van der Waals surface area contributed by atoms with E-state index < -0.39 is 18.2 Å². The van der Waals surface area contributed by atoms with Crippen LogP contribution in [0.3, 0.4) is 0 Å². The molecule has 0 amide bonds. The van der Waals surface area contributed by atoms with E-state index in [4.69, 9.17) is 0 Å². The maximum absolute atomic E-state index is 12.3. The second kappa shape index (κ2) is 6.05. The Hall–Kier alpha value is -0.290. The van der Waals surface area contributed by atoms with Gasteiger partial charge in [-0.25, -0.2) is 0 Å². The van der Waals surface area contributed by atoms with Gasteiger partial charge in [-0.1, -0.05) is 12.8 Å². The lowest BCUT2D eigenvalue weighted by molar-refractivity contribution is -0.222. The molecule has 0 radical (unpaired) electrons. The number of aliphatic hydroxyl groups excluding tert-OH is 1. The average molecular weight is 253 g/mol. The van der Waals surface area contributed by atoms with E-state index in [-0.39, 0.29) is 0 Å². The van der Waals surface area contributed by atoms with Crippen LogP contribution in [-0.2, 0) is 0 Å². The SMILES string of the molecule is CNC(C)CC1CCC(C(O)C(F)(F)F)CC1. The summed E-state index contributed by atoms with van der Waals surface area (Å²) >= 11 is 0. The summed E-state index contributed by atoms with van der Waals surface area (Å²) in [5.41, 5.74) is 0. The number of aliphatic hydroxyl groups is 1. The highest BCUT2D eigenvalue weighted by Crippen LogP contribution is 2.37. The van der Waals surface area contributed by atoms with E-state index in [2.05, 4.69) is 12.2 Å². The Labute approximate surface area is 101 Å². The quantitative estimate of drug-likeness (QED) is 0.807. The zero-order chi connectivity index (χ0) is 13.1. The predicted molar refractivity (Wildman–Crippen MR) is 60.6 cm³/mol. The lowest BCUT2D eigenvalue weighted by Crippen LogP contribution is -2.38. The van der Waals surface area contributed by atoms with E-state index in [1.807, 2.05) is 7.05 Å². The third kappa shape index (κ3) is 4.47. The fraction of sp³-hybridized carbons (Fsp3) is 1.00. The first-order valence-corrected chi connectivity index (χ1v) is 6.26. The number of nitrogens with one attached hydrogen (secondary N) is 1. The molecule has 0 aromatic carbocycles. The third-order valence-electron chi connectivity index (χ3n) is 3.85. The maximum atomic E-state index is 12.3. The molecule has 1 saturated carbocycles. The van der Waals surface area contributed by atoms with Crippen molar-refractivity contribution in [3.63, 3.8) is 0 Å². The molecule has 102 valence electrons. The molecule has 0 spiro atoms. The van der Waals surface area contributed by atoms with Gasteiger partial charge in [0.1, 0.15) is 0 Å². The fourth-order valence-electron chi connectivity index (χ4n) is 2.62. The van der Waals surface area contributed by atoms with Crippen LogP contribution < -0.4 is 5.32 Å². The van der Waals surface area contributed by atoms with Gasteiger partial charge in [0.25, 0.3) is 0 Å². The summed E-state index contributed by atoms with van der Waals surface area (Å²) < 4.78 is 37.0. The van der Waals surface area contributed by atoms with Gasteiger partial charge in [-0.2, -0.15) is 13.2 Å². The first-order valence-electron chi connectivity index (χ1n) is 6.26. The summed E-state index contributed by atoms with van der Waals surface area (Å²) in [6, 6.07) is 0.407. The Morgan fingerprint density at radius 3 is 2.18 bits per heavy atom. The lowest BCUT2D eigenvalue weighted by Gasteiger charge is -2.33. The molecule has 0 aromatic heterocycles. The summed E-state index contributed by atoms with van der Waals surface area (Å²) in [5.74, 6) is -0.106. The predicted octanol–water partition coefficient (Wildman–Crippen LogP) is 2.71. The van der Waals surface area contributed by atoms with Gasteiger partial charge in [-0.15, -0.1) is 0 Å². The molecule has 0 saturated heterocycles. The molecule has 2 unspecified atom stereocenters. The molecular formula is C12H22F3NO. The maximum Gasteiger partial charge on any atom is 0.414 e. The van der Waals surface area contributed by atoms with E-state index in [0.717, 1.165) is 19.3 Å². The first kappa shape index (κ1) is 14.8. The number of hydrogen-bond donors (Lipinski definition) is 2. The van der Waals surface area contributed by atoms with E-state index in [9.17, 15) is 18.3 Å².